The number of nitrogen functional groups attached to an aromatic ring is 1. The Labute approximate surface area is 129 Å². The molecule has 0 saturated carbocycles. The Hall–Kier alpha value is -1.91. The van der Waals surface area contributed by atoms with Gasteiger partial charge in [0.15, 0.2) is 0 Å². The van der Waals surface area contributed by atoms with Gasteiger partial charge in [0.25, 0.3) is 0 Å². The van der Waals surface area contributed by atoms with Gasteiger partial charge < -0.3 is 10.6 Å². The summed E-state index contributed by atoms with van der Waals surface area (Å²) in [5, 5.41) is 3.27. The normalized spacial score (nSPS) is 11.3. The number of rotatable bonds is 5. The largest absolute Gasteiger partial charge is 0.383 e. The van der Waals surface area contributed by atoms with E-state index in [9.17, 15) is 0 Å². The van der Waals surface area contributed by atoms with Crippen molar-refractivity contribution in [2.75, 3.05) is 19.3 Å². The molecule has 2 aromatic heterocycles. The second-order valence-electron chi connectivity index (χ2n) is 5.29. The number of fused-ring (bicyclic) bond motifs is 1. The molecule has 0 atom stereocenters. The van der Waals surface area contributed by atoms with E-state index < -0.39 is 0 Å². The Balaban J connectivity index is 1.70. The van der Waals surface area contributed by atoms with Crippen molar-refractivity contribution in [1.82, 2.24) is 9.88 Å². The summed E-state index contributed by atoms with van der Waals surface area (Å²) in [5.41, 5.74) is 8.15. The maximum atomic E-state index is 6.09. The van der Waals surface area contributed by atoms with Gasteiger partial charge in [-0.3, -0.25) is 0 Å². The molecule has 2 N–H and O–H groups in total. The van der Waals surface area contributed by atoms with E-state index in [1.54, 1.807) is 0 Å². The van der Waals surface area contributed by atoms with Crippen LogP contribution in [0.25, 0.3) is 10.9 Å². The van der Waals surface area contributed by atoms with Gasteiger partial charge in [0, 0.05) is 28.9 Å². The van der Waals surface area contributed by atoms with E-state index >= 15 is 0 Å². The van der Waals surface area contributed by atoms with Crippen LogP contribution < -0.4 is 5.73 Å². The second kappa shape index (κ2) is 6.24. The Kier molecular flexibility index (Phi) is 4.18. The lowest BCUT2D eigenvalue weighted by atomic mass is 10.1. The Morgan fingerprint density at radius 3 is 2.86 bits per heavy atom. The molecule has 1 aromatic carbocycles. The van der Waals surface area contributed by atoms with Crippen LogP contribution in [0.1, 0.15) is 10.4 Å². The van der Waals surface area contributed by atoms with Crippen LogP contribution in [0.5, 0.6) is 0 Å². The number of aromatic nitrogens is 1. The minimum absolute atomic E-state index is 0.636. The third-order valence-corrected chi connectivity index (χ3v) is 4.53. The fourth-order valence-electron chi connectivity index (χ4n) is 2.43. The van der Waals surface area contributed by atoms with E-state index in [-0.39, 0.29) is 0 Å². The first-order chi connectivity index (χ1) is 10.2. The summed E-state index contributed by atoms with van der Waals surface area (Å²) in [6.45, 7) is 1.85. The molecule has 0 aliphatic heterocycles. The van der Waals surface area contributed by atoms with Crippen molar-refractivity contribution in [3.05, 3.63) is 58.3 Å². The zero-order valence-corrected chi connectivity index (χ0v) is 12.9. The third kappa shape index (κ3) is 3.40. The van der Waals surface area contributed by atoms with Gasteiger partial charge >= 0.3 is 0 Å². The Morgan fingerprint density at radius 2 is 2.05 bits per heavy atom. The van der Waals surface area contributed by atoms with Crippen LogP contribution >= 0.6 is 11.3 Å². The number of benzene rings is 1. The Morgan fingerprint density at radius 1 is 1.19 bits per heavy atom. The minimum atomic E-state index is 0.636. The highest BCUT2D eigenvalue weighted by Crippen LogP contribution is 2.19. The van der Waals surface area contributed by atoms with Crippen molar-refractivity contribution >= 4 is 28.1 Å². The lowest BCUT2D eigenvalue weighted by molar-refractivity contribution is 0.332. The summed E-state index contributed by atoms with van der Waals surface area (Å²) < 4.78 is 0. The number of thiophene rings is 1. The second-order valence-corrected chi connectivity index (χ2v) is 6.32. The van der Waals surface area contributed by atoms with Gasteiger partial charge in [-0.1, -0.05) is 24.3 Å². The molecule has 0 bridgehead atoms. The van der Waals surface area contributed by atoms with Crippen LogP contribution in [0.3, 0.4) is 0 Å². The maximum absolute atomic E-state index is 6.09. The predicted molar refractivity (Wildman–Crippen MR) is 90.5 cm³/mol. The van der Waals surface area contributed by atoms with Gasteiger partial charge in [-0.15, -0.1) is 11.3 Å². The van der Waals surface area contributed by atoms with Crippen molar-refractivity contribution in [2.24, 2.45) is 0 Å². The lowest BCUT2D eigenvalue weighted by Crippen LogP contribution is -2.21. The molecule has 0 fully saturated rings. The van der Waals surface area contributed by atoms with Crippen molar-refractivity contribution in [3.8, 4) is 0 Å². The molecule has 3 nitrogen and oxygen atoms in total. The first-order valence-corrected chi connectivity index (χ1v) is 7.95. The zero-order valence-electron chi connectivity index (χ0n) is 12.1. The number of nitrogens with two attached hydrogens (primary N) is 1. The topological polar surface area (TPSA) is 42.2 Å². The molecule has 0 amide bonds. The molecule has 3 aromatic rings. The number of pyridine rings is 1. The van der Waals surface area contributed by atoms with Crippen LogP contribution in [0.15, 0.2) is 47.8 Å². The predicted octanol–water partition coefficient (Wildman–Crippen LogP) is 3.55. The van der Waals surface area contributed by atoms with E-state index in [2.05, 4.69) is 46.6 Å². The van der Waals surface area contributed by atoms with Gasteiger partial charge in [0.1, 0.15) is 5.82 Å². The van der Waals surface area contributed by atoms with Crippen molar-refractivity contribution < 1.29 is 0 Å². The van der Waals surface area contributed by atoms with Gasteiger partial charge in [-0.2, -0.15) is 0 Å². The van der Waals surface area contributed by atoms with Crippen LogP contribution in [-0.4, -0.2) is 23.5 Å². The smallest absolute Gasteiger partial charge is 0.128 e. The average Bonchev–Trinajstić information content (AvgIpc) is 2.99. The lowest BCUT2D eigenvalue weighted by Gasteiger charge is -2.17. The monoisotopic (exact) mass is 297 g/mol. The molecule has 0 unspecified atom stereocenters. The average molecular weight is 297 g/mol. The highest BCUT2D eigenvalue weighted by Gasteiger charge is 2.07. The summed E-state index contributed by atoms with van der Waals surface area (Å²) in [7, 11) is 2.13. The number of anilines is 1. The summed E-state index contributed by atoms with van der Waals surface area (Å²) in [6.07, 6.45) is 1.08. The highest BCUT2D eigenvalue weighted by molar-refractivity contribution is 7.09. The maximum Gasteiger partial charge on any atom is 0.128 e. The SMILES string of the molecule is CN(CCc1cccs1)Cc1cc2ccccc2nc1N. The molecule has 0 radical (unpaired) electrons. The molecule has 0 spiro atoms. The van der Waals surface area contributed by atoms with E-state index in [0.717, 1.165) is 36.0 Å². The molecule has 3 rings (SSSR count). The van der Waals surface area contributed by atoms with Crippen molar-refractivity contribution in [3.63, 3.8) is 0 Å². The molecule has 0 aliphatic rings. The minimum Gasteiger partial charge on any atom is -0.383 e. The van der Waals surface area contributed by atoms with Gasteiger partial charge in [-0.05, 0) is 37.0 Å². The van der Waals surface area contributed by atoms with E-state index in [1.165, 1.54) is 4.88 Å². The van der Waals surface area contributed by atoms with Gasteiger partial charge in [0.05, 0.1) is 5.52 Å². The number of hydrogen-bond donors (Lipinski definition) is 1. The molecule has 0 aliphatic carbocycles. The number of hydrogen-bond acceptors (Lipinski definition) is 4. The molecule has 0 saturated heterocycles. The molecule has 4 heteroatoms. The van der Waals surface area contributed by atoms with Crippen LogP contribution in [0, 0.1) is 0 Å². The Bertz CT molecular complexity index is 722. The number of nitrogens with zero attached hydrogens (tertiary/aromatic N) is 2. The number of likely N-dealkylation sites (N-methyl/N-ethyl adjacent to an activating group) is 1. The molecule has 2 heterocycles. The highest BCUT2D eigenvalue weighted by atomic mass is 32.1. The molecule has 21 heavy (non-hydrogen) atoms. The molecule has 108 valence electrons. The summed E-state index contributed by atoms with van der Waals surface area (Å²) in [4.78, 5) is 8.21. The first-order valence-electron chi connectivity index (χ1n) is 7.07. The summed E-state index contributed by atoms with van der Waals surface area (Å²) in [5.74, 6) is 0.636. The first kappa shape index (κ1) is 14.0. The van der Waals surface area contributed by atoms with Gasteiger partial charge in [-0.25, -0.2) is 4.98 Å². The standard InChI is InChI=1S/C17H19N3S/c1-20(9-8-15-6-4-10-21-15)12-14-11-13-5-2-3-7-16(13)19-17(14)18/h2-7,10-11H,8-9,12H2,1H3,(H2,18,19). The van der Waals surface area contributed by atoms with Crippen LogP contribution in [0.4, 0.5) is 5.82 Å². The zero-order chi connectivity index (χ0) is 14.7. The number of para-hydroxylation sites is 1. The summed E-state index contributed by atoms with van der Waals surface area (Å²) >= 11 is 1.81. The van der Waals surface area contributed by atoms with E-state index in [0.29, 0.717) is 5.82 Å². The van der Waals surface area contributed by atoms with E-state index in [1.807, 2.05) is 29.5 Å². The third-order valence-electron chi connectivity index (χ3n) is 3.60. The van der Waals surface area contributed by atoms with Crippen LogP contribution in [0.2, 0.25) is 0 Å². The fourth-order valence-corrected chi connectivity index (χ4v) is 3.13. The molecular weight excluding hydrogens is 278 g/mol. The van der Waals surface area contributed by atoms with E-state index in [4.69, 9.17) is 5.73 Å². The fraction of sp³-hybridized carbons (Fsp3) is 0.235. The quantitative estimate of drug-likeness (QED) is 0.783. The van der Waals surface area contributed by atoms with Crippen molar-refractivity contribution in [2.45, 2.75) is 13.0 Å². The van der Waals surface area contributed by atoms with Crippen LogP contribution in [-0.2, 0) is 13.0 Å². The molecular formula is C17H19N3S. The van der Waals surface area contributed by atoms with Gasteiger partial charge in [0.2, 0.25) is 0 Å². The van der Waals surface area contributed by atoms with Crippen molar-refractivity contribution in [1.29, 1.82) is 0 Å². The summed E-state index contributed by atoms with van der Waals surface area (Å²) in [6, 6.07) is 14.5.